The number of nitrogens with two attached hydrogens (primary N) is 1. The van der Waals surface area contributed by atoms with Crippen molar-refractivity contribution in [1.82, 2.24) is 0 Å². The Bertz CT molecular complexity index is 839. The molecule has 0 amide bonds. The molecule has 1 aliphatic rings. The van der Waals surface area contributed by atoms with Crippen LogP contribution in [0.25, 0.3) is 0 Å². The summed E-state index contributed by atoms with van der Waals surface area (Å²) in [5.74, 6) is -5.40. The van der Waals surface area contributed by atoms with E-state index in [1.807, 2.05) is 0 Å². The first-order chi connectivity index (χ1) is 14.4. The SMILES string of the molecule is CC(=O)OC[C@H]1O[C@@](O)(c2ccc(N)cc2)[C@H](OC(C)=O)[C@@H](OC(C)=O)[C@@H]1OC(C)=O. The minimum Gasteiger partial charge on any atom is -0.463 e. The summed E-state index contributed by atoms with van der Waals surface area (Å²) < 4.78 is 26.6. The lowest BCUT2D eigenvalue weighted by atomic mass is 9.87. The number of rotatable bonds is 6. The first-order valence-corrected chi connectivity index (χ1v) is 9.35. The van der Waals surface area contributed by atoms with E-state index in [9.17, 15) is 24.3 Å². The van der Waals surface area contributed by atoms with Gasteiger partial charge < -0.3 is 34.5 Å². The van der Waals surface area contributed by atoms with Crippen LogP contribution in [0.4, 0.5) is 5.69 Å². The van der Waals surface area contributed by atoms with Crippen molar-refractivity contribution < 1.29 is 48.0 Å². The first-order valence-electron chi connectivity index (χ1n) is 9.35. The van der Waals surface area contributed by atoms with Gasteiger partial charge >= 0.3 is 23.9 Å². The normalized spacial score (nSPS) is 27.6. The highest BCUT2D eigenvalue weighted by Gasteiger charge is 2.60. The van der Waals surface area contributed by atoms with Crippen molar-refractivity contribution in [1.29, 1.82) is 0 Å². The maximum absolute atomic E-state index is 11.8. The zero-order chi connectivity index (χ0) is 23.3. The molecular formula is C20H25NO10. The topological polar surface area (TPSA) is 161 Å². The van der Waals surface area contributed by atoms with E-state index in [1.165, 1.54) is 24.3 Å². The third-order valence-corrected chi connectivity index (χ3v) is 4.38. The summed E-state index contributed by atoms with van der Waals surface area (Å²) in [4.78, 5) is 46.7. The van der Waals surface area contributed by atoms with Gasteiger partial charge in [0.2, 0.25) is 11.9 Å². The molecular weight excluding hydrogens is 414 g/mol. The molecule has 0 bridgehead atoms. The molecule has 1 aromatic carbocycles. The van der Waals surface area contributed by atoms with E-state index in [-0.39, 0.29) is 5.56 Å². The van der Waals surface area contributed by atoms with Gasteiger partial charge in [-0.05, 0) is 12.1 Å². The number of nitrogen functional groups attached to an aromatic ring is 1. The molecule has 170 valence electrons. The molecule has 1 aromatic rings. The summed E-state index contributed by atoms with van der Waals surface area (Å²) in [6.07, 6.45) is -5.75. The van der Waals surface area contributed by atoms with Crippen LogP contribution in [0.5, 0.6) is 0 Å². The predicted octanol–water partition coefficient (Wildman–Crippen LogP) is 0.171. The van der Waals surface area contributed by atoms with Crippen LogP contribution in [0, 0.1) is 0 Å². The number of carbonyl (C=O) groups excluding carboxylic acids is 4. The van der Waals surface area contributed by atoms with Gasteiger partial charge in [-0.3, -0.25) is 19.2 Å². The lowest BCUT2D eigenvalue weighted by Crippen LogP contribution is -2.66. The fourth-order valence-corrected chi connectivity index (χ4v) is 3.23. The van der Waals surface area contributed by atoms with Gasteiger partial charge in [-0.25, -0.2) is 0 Å². The number of ether oxygens (including phenoxy) is 5. The number of anilines is 1. The summed E-state index contributed by atoms with van der Waals surface area (Å²) in [6.45, 7) is 3.99. The van der Waals surface area contributed by atoms with Gasteiger partial charge in [-0.2, -0.15) is 0 Å². The molecule has 11 heteroatoms. The quantitative estimate of drug-likeness (QED) is 0.353. The minimum atomic E-state index is -2.36. The summed E-state index contributed by atoms with van der Waals surface area (Å²) in [7, 11) is 0. The Balaban J connectivity index is 2.62. The molecule has 0 aliphatic carbocycles. The molecule has 0 aromatic heterocycles. The van der Waals surface area contributed by atoms with Crippen LogP contribution >= 0.6 is 0 Å². The van der Waals surface area contributed by atoms with Gasteiger partial charge in [0.25, 0.3) is 0 Å². The zero-order valence-corrected chi connectivity index (χ0v) is 17.5. The average Bonchev–Trinajstić information content (AvgIpc) is 2.65. The number of aliphatic hydroxyl groups is 1. The second-order valence-electron chi connectivity index (χ2n) is 6.96. The highest BCUT2D eigenvalue weighted by Crippen LogP contribution is 2.41. The van der Waals surface area contributed by atoms with Crippen LogP contribution in [-0.2, 0) is 48.6 Å². The van der Waals surface area contributed by atoms with Crippen LogP contribution in [0.3, 0.4) is 0 Å². The lowest BCUT2D eigenvalue weighted by molar-refractivity contribution is -0.360. The fourth-order valence-electron chi connectivity index (χ4n) is 3.23. The Morgan fingerprint density at radius 3 is 1.90 bits per heavy atom. The molecule has 11 nitrogen and oxygen atoms in total. The van der Waals surface area contributed by atoms with Crippen LogP contribution in [0.15, 0.2) is 24.3 Å². The smallest absolute Gasteiger partial charge is 0.303 e. The van der Waals surface area contributed by atoms with E-state index in [4.69, 9.17) is 29.4 Å². The molecule has 1 saturated heterocycles. The average molecular weight is 439 g/mol. The van der Waals surface area contributed by atoms with Gasteiger partial charge in [0.05, 0.1) is 0 Å². The van der Waals surface area contributed by atoms with Crippen molar-refractivity contribution in [2.45, 2.75) is 57.9 Å². The Hall–Kier alpha value is -3.18. The monoisotopic (exact) mass is 439 g/mol. The van der Waals surface area contributed by atoms with Crippen LogP contribution in [-0.4, -0.2) is 60.0 Å². The molecule has 1 fully saturated rings. The van der Waals surface area contributed by atoms with Crippen LogP contribution in [0.1, 0.15) is 33.3 Å². The lowest BCUT2D eigenvalue weighted by Gasteiger charge is -2.48. The van der Waals surface area contributed by atoms with Gasteiger partial charge in [0, 0.05) is 38.9 Å². The van der Waals surface area contributed by atoms with Gasteiger partial charge in [0.15, 0.2) is 12.2 Å². The molecule has 1 heterocycles. The third-order valence-electron chi connectivity index (χ3n) is 4.38. The number of benzene rings is 1. The van der Waals surface area contributed by atoms with Crippen molar-refractivity contribution in [2.24, 2.45) is 0 Å². The van der Waals surface area contributed by atoms with E-state index in [2.05, 4.69) is 0 Å². The molecule has 0 radical (unpaired) electrons. The fraction of sp³-hybridized carbons (Fsp3) is 0.500. The molecule has 2 rings (SSSR count). The standard InChI is InChI=1S/C20H25NO10/c1-10(22)27-9-16-17(28-11(2)23)18(29-12(3)24)19(30-13(4)25)20(26,31-16)14-5-7-15(21)8-6-14/h5-8,16-19,26H,9,21H2,1-4H3/t16-,17-,18+,19-,20+/m1/s1. The largest absolute Gasteiger partial charge is 0.463 e. The molecule has 1 aliphatic heterocycles. The Kier molecular flexibility index (Phi) is 7.58. The Morgan fingerprint density at radius 2 is 1.42 bits per heavy atom. The molecule has 0 spiro atoms. The van der Waals surface area contributed by atoms with E-state index in [1.54, 1.807) is 0 Å². The van der Waals surface area contributed by atoms with Gasteiger partial charge in [-0.1, -0.05) is 12.1 Å². The van der Waals surface area contributed by atoms with Crippen molar-refractivity contribution in [3.63, 3.8) is 0 Å². The Morgan fingerprint density at radius 1 is 0.903 bits per heavy atom. The van der Waals surface area contributed by atoms with Crippen molar-refractivity contribution in [3.8, 4) is 0 Å². The van der Waals surface area contributed by atoms with Gasteiger partial charge in [-0.15, -0.1) is 0 Å². The molecule has 0 saturated carbocycles. The van der Waals surface area contributed by atoms with Crippen LogP contribution in [0.2, 0.25) is 0 Å². The number of carbonyl (C=O) groups is 4. The van der Waals surface area contributed by atoms with Crippen molar-refractivity contribution in [3.05, 3.63) is 29.8 Å². The van der Waals surface area contributed by atoms with Gasteiger partial charge in [0.1, 0.15) is 12.7 Å². The number of hydrogen-bond donors (Lipinski definition) is 2. The van der Waals surface area contributed by atoms with E-state index in [0.29, 0.717) is 5.69 Å². The molecule has 31 heavy (non-hydrogen) atoms. The van der Waals surface area contributed by atoms with Crippen molar-refractivity contribution >= 4 is 29.6 Å². The highest BCUT2D eigenvalue weighted by molar-refractivity contribution is 5.69. The minimum absolute atomic E-state index is 0.110. The second-order valence-corrected chi connectivity index (χ2v) is 6.96. The van der Waals surface area contributed by atoms with E-state index >= 15 is 0 Å². The third kappa shape index (κ3) is 5.92. The second kappa shape index (κ2) is 9.75. The Labute approximate surface area is 178 Å². The number of hydrogen-bond acceptors (Lipinski definition) is 11. The predicted molar refractivity (Wildman–Crippen MR) is 103 cm³/mol. The summed E-state index contributed by atoms with van der Waals surface area (Å²) in [6, 6.07) is 5.79. The zero-order valence-electron chi connectivity index (χ0n) is 17.5. The summed E-state index contributed by atoms with van der Waals surface area (Å²) in [5.41, 5.74) is 6.20. The summed E-state index contributed by atoms with van der Waals surface area (Å²) >= 11 is 0. The van der Waals surface area contributed by atoms with E-state index in [0.717, 1.165) is 27.7 Å². The molecule has 3 N–H and O–H groups in total. The maximum atomic E-state index is 11.8. The van der Waals surface area contributed by atoms with E-state index < -0.39 is 60.7 Å². The molecule has 5 atom stereocenters. The summed E-state index contributed by atoms with van der Waals surface area (Å²) in [5, 5.41) is 11.5. The van der Waals surface area contributed by atoms with Crippen LogP contribution < -0.4 is 5.73 Å². The maximum Gasteiger partial charge on any atom is 0.303 e. The number of esters is 4. The van der Waals surface area contributed by atoms with Crippen molar-refractivity contribution in [2.75, 3.05) is 12.3 Å². The first kappa shape index (κ1) is 24.1. The molecule has 0 unspecified atom stereocenters. The highest BCUT2D eigenvalue weighted by atomic mass is 16.7.